The number of halogens is 1. The molecule has 2 aliphatic heterocycles. The smallest absolute Gasteiger partial charge is 0.264 e. The Balaban J connectivity index is 1.45. The summed E-state index contributed by atoms with van der Waals surface area (Å²) in [6, 6.07) is 5.68. The average Bonchev–Trinajstić information content (AvgIpc) is 3.23. The number of likely N-dealkylation sites (tertiary alicyclic amines) is 1. The number of benzene rings is 1. The summed E-state index contributed by atoms with van der Waals surface area (Å²) in [5.74, 6) is 0.805. The number of ether oxygens (including phenoxy) is 1. The maximum Gasteiger partial charge on any atom is 0.264 e. The van der Waals surface area contributed by atoms with Crippen molar-refractivity contribution in [2.24, 2.45) is 0 Å². The van der Waals surface area contributed by atoms with Gasteiger partial charge in [0.2, 0.25) is 0 Å². The molecule has 0 radical (unpaired) electrons. The summed E-state index contributed by atoms with van der Waals surface area (Å²) in [5, 5.41) is 4.87. The quantitative estimate of drug-likeness (QED) is 0.845. The Kier molecular flexibility index (Phi) is 3.69. The molecule has 4 rings (SSSR count). The van der Waals surface area contributed by atoms with Gasteiger partial charge in [-0.2, -0.15) is 5.10 Å². The number of hydrogen-bond acceptors (Lipinski definition) is 4. The first-order valence-corrected chi connectivity index (χ1v) is 8.16. The van der Waals surface area contributed by atoms with Crippen molar-refractivity contribution >= 4 is 17.5 Å². The summed E-state index contributed by atoms with van der Waals surface area (Å²) in [4.78, 5) is 18.7. The van der Waals surface area contributed by atoms with Crippen molar-refractivity contribution in [1.29, 1.82) is 0 Å². The molecule has 1 fully saturated rings. The predicted octanol–water partition coefficient (Wildman–Crippen LogP) is 2.10. The van der Waals surface area contributed by atoms with Gasteiger partial charge in [-0.3, -0.25) is 4.79 Å². The molecule has 3 heterocycles. The minimum absolute atomic E-state index is 0.0436. The normalized spacial score (nSPS) is 23.4. The molecule has 2 aliphatic rings. The summed E-state index contributed by atoms with van der Waals surface area (Å²) < 4.78 is 7.66. The highest BCUT2D eigenvalue weighted by Crippen LogP contribution is 2.32. The summed E-state index contributed by atoms with van der Waals surface area (Å²) in [6.07, 6.45) is 5.34. The molecule has 0 N–H and O–H groups in total. The van der Waals surface area contributed by atoms with Crippen LogP contribution < -0.4 is 4.74 Å². The fourth-order valence-corrected chi connectivity index (χ4v) is 3.53. The van der Waals surface area contributed by atoms with Gasteiger partial charge in [-0.15, -0.1) is 0 Å². The van der Waals surface area contributed by atoms with Gasteiger partial charge in [0.25, 0.3) is 5.91 Å². The summed E-state index contributed by atoms with van der Waals surface area (Å²) in [5.41, 5.74) is 1.00. The number of piperidine rings is 1. The van der Waals surface area contributed by atoms with Crippen molar-refractivity contribution in [2.45, 2.75) is 31.4 Å². The van der Waals surface area contributed by atoms with E-state index in [9.17, 15) is 4.79 Å². The molecule has 0 saturated carbocycles. The van der Waals surface area contributed by atoms with Crippen molar-refractivity contribution in [3.05, 3.63) is 41.4 Å². The van der Waals surface area contributed by atoms with Gasteiger partial charge in [0, 0.05) is 24.5 Å². The van der Waals surface area contributed by atoms with Gasteiger partial charge in [-0.1, -0.05) is 11.6 Å². The van der Waals surface area contributed by atoms with E-state index in [2.05, 4.69) is 10.1 Å². The van der Waals surface area contributed by atoms with Crippen LogP contribution in [0.1, 0.15) is 24.4 Å². The van der Waals surface area contributed by atoms with Crippen molar-refractivity contribution in [3.8, 4) is 5.75 Å². The van der Waals surface area contributed by atoms with E-state index in [0.29, 0.717) is 18.0 Å². The second kappa shape index (κ2) is 5.85. The highest BCUT2D eigenvalue weighted by molar-refractivity contribution is 6.30. The molecule has 1 saturated heterocycles. The number of amides is 1. The third kappa shape index (κ3) is 2.79. The van der Waals surface area contributed by atoms with Crippen LogP contribution in [-0.2, 0) is 11.2 Å². The topological polar surface area (TPSA) is 60.2 Å². The third-order valence-corrected chi connectivity index (χ3v) is 4.73. The number of aromatic nitrogens is 3. The Labute approximate surface area is 139 Å². The Morgan fingerprint density at radius 1 is 1.39 bits per heavy atom. The highest BCUT2D eigenvalue weighted by Gasteiger charge is 2.35. The van der Waals surface area contributed by atoms with Crippen LogP contribution in [0.4, 0.5) is 0 Å². The van der Waals surface area contributed by atoms with E-state index in [1.807, 2.05) is 21.7 Å². The molecular formula is C16H17ClN4O2. The maximum atomic E-state index is 12.8. The number of carbonyl (C=O) groups is 1. The van der Waals surface area contributed by atoms with Gasteiger partial charge in [-0.25, -0.2) is 9.67 Å². The van der Waals surface area contributed by atoms with Crippen molar-refractivity contribution in [1.82, 2.24) is 19.7 Å². The van der Waals surface area contributed by atoms with Crippen molar-refractivity contribution in [2.75, 3.05) is 13.1 Å². The Morgan fingerprint density at radius 2 is 2.30 bits per heavy atom. The van der Waals surface area contributed by atoms with Crippen LogP contribution in [0.5, 0.6) is 5.75 Å². The van der Waals surface area contributed by atoms with E-state index < -0.39 is 6.10 Å². The molecule has 0 unspecified atom stereocenters. The number of carbonyl (C=O) groups excluding carboxylic acids is 1. The predicted molar refractivity (Wildman–Crippen MR) is 84.4 cm³/mol. The second-order valence-electron chi connectivity index (χ2n) is 6.02. The highest BCUT2D eigenvalue weighted by atomic mass is 35.5. The van der Waals surface area contributed by atoms with E-state index in [1.54, 1.807) is 12.4 Å². The summed E-state index contributed by atoms with van der Waals surface area (Å²) in [7, 11) is 0. The molecule has 0 spiro atoms. The Morgan fingerprint density at radius 3 is 3.13 bits per heavy atom. The van der Waals surface area contributed by atoms with Crippen LogP contribution in [0.15, 0.2) is 30.9 Å². The lowest BCUT2D eigenvalue weighted by Crippen LogP contribution is -2.46. The number of fused-ring (bicyclic) bond motifs is 1. The molecule has 6 nitrogen and oxygen atoms in total. The molecule has 23 heavy (non-hydrogen) atoms. The summed E-state index contributed by atoms with van der Waals surface area (Å²) in [6.45, 7) is 1.42. The molecule has 0 bridgehead atoms. The SMILES string of the molecule is O=C([C@@H]1Cc2cc(Cl)ccc2O1)N1CCC[C@@H](n2cncn2)C1. The lowest BCUT2D eigenvalue weighted by molar-refractivity contribution is -0.139. The van der Waals surface area contributed by atoms with Gasteiger partial charge in [-0.05, 0) is 36.6 Å². The van der Waals surface area contributed by atoms with Crippen molar-refractivity contribution < 1.29 is 9.53 Å². The molecule has 0 aliphatic carbocycles. The Hall–Kier alpha value is -2.08. The lowest BCUT2D eigenvalue weighted by atomic mass is 10.0. The van der Waals surface area contributed by atoms with E-state index in [1.165, 1.54) is 6.33 Å². The Bertz CT molecular complexity index is 719. The standard InChI is InChI=1S/C16H17ClN4O2/c17-12-3-4-14-11(6-12)7-15(23-14)16(22)20-5-1-2-13(8-20)21-10-18-9-19-21/h3-4,6,9-10,13,15H,1-2,5,7-8H2/t13-,15+/m1/s1. The maximum absolute atomic E-state index is 12.8. The minimum Gasteiger partial charge on any atom is -0.480 e. The van der Waals surface area contributed by atoms with Gasteiger partial charge in [0.1, 0.15) is 18.4 Å². The molecule has 1 amide bonds. The number of nitrogens with zero attached hydrogens (tertiary/aromatic N) is 4. The first-order chi connectivity index (χ1) is 11.2. The van der Waals surface area contributed by atoms with Crippen molar-refractivity contribution in [3.63, 3.8) is 0 Å². The van der Waals surface area contributed by atoms with Crippen LogP contribution in [0.3, 0.4) is 0 Å². The molecule has 2 aromatic rings. The molecule has 1 aromatic heterocycles. The molecular weight excluding hydrogens is 316 g/mol. The second-order valence-corrected chi connectivity index (χ2v) is 6.45. The van der Waals surface area contributed by atoms with Crippen LogP contribution in [0.25, 0.3) is 0 Å². The number of rotatable bonds is 2. The van der Waals surface area contributed by atoms with E-state index >= 15 is 0 Å². The van der Waals surface area contributed by atoms with E-state index in [4.69, 9.17) is 16.3 Å². The zero-order valence-corrected chi connectivity index (χ0v) is 13.3. The monoisotopic (exact) mass is 332 g/mol. The first kappa shape index (κ1) is 14.5. The fraction of sp³-hybridized carbons (Fsp3) is 0.438. The van der Waals surface area contributed by atoms with Gasteiger partial charge < -0.3 is 9.64 Å². The molecule has 120 valence electrons. The zero-order valence-electron chi connectivity index (χ0n) is 12.6. The summed E-state index contributed by atoms with van der Waals surface area (Å²) >= 11 is 6.01. The zero-order chi connectivity index (χ0) is 15.8. The third-order valence-electron chi connectivity index (χ3n) is 4.49. The van der Waals surface area contributed by atoms with E-state index in [-0.39, 0.29) is 11.9 Å². The van der Waals surface area contributed by atoms with Crippen LogP contribution in [-0.4, -0.2) is 44.8 Å². The van der Waals surface area contributed by atoms with Crippen LogP contribution in [0, 0.1) is 0 Å². The minimum atomic E-state index is -0.446. The average molecular weight is 333 g/mol. The molecule has 2 atom stereocenters. The van der Waals surface area contributed by atoms with E-state index in [0.717, 1.165) is 30.7 Å². The van der Waals surface area contributed by atoms with Crippen LogP contribution >= 0.6 is 11.6 Å². The van der Waals surface area contributed by atoms with Crippen LogP contribution in [0.2, 0.25) is 5.02 Å². The van der Waals surface area contributed by atoms with Gasteiger partial charge >= 0.3 is 0 Å². The van der Waals surface area contributed by atoms with Gasteiger partial charge in [0.15, 0.2) is 6.10 Å². The van der Waals surface area contributed by atoms with Gasteiger partial charge in [0.05, 0.1) is 6.04 Å². The number of hydrogen-bond donors (Lipinski definition) is 0. The first-order valence-electron chi connectivity index (χ1n) is 7.78. The fourth-order valence-electron chi connectivity index (χ4n) is 3.34. The molecule has 7 heteroatoms. The lowest BCUT2D eigenvalue weighted by Gasteiger charge is -2.33. The largest absolute Gasteiger partial charge is 0.480 e. The molecule has 1 aromatic carbocycles.